The summed E-state index contributed by atoms with van der Waals surface area (Å²) in [6, 6.07) is 8.42. The number of ether oxygens (including phenoxy) is 1. The number of hydrogen-bond donors (Lipinski definition) is 2. The van der Waals surface area contributed by atoms with Crippen LogP contribution in [-0.2, 0) is 20.7 Å². The molecule has 1 aromatic rings. The minimum atomic E-state index is 0.0297. The van der Waals surface area contributed by atoms with E-state index < -0.39 is 0 Å². The molecule has 1 aliphatic carbocycles. The summed E-state index contributed by atoms with van der Waals surface area (Å²) in [5.74, 6) is 0.585. The predicted octanol–water partition coefficient (Wildman–Crippen LogP) is 10.8. The van der Waals surface area contributed by atoms with E-state index in [-0.39, 0.29) is 18.6 Å². The van der Waals surface area contributed by atoms with Gasteiger partial charge in [-0.3, -0.25) is 9.59 Å². The fraction of sp³-hybridized carbons (Fsp3) is 0.660. The second-order valence-corrected chi connectivity index (χ2v) is 13.6. The molecule has 0 unspecified atom stereocenters. The zero-order chi connectivity index (χ0) is 41.7. The monoisotopic (exact) mass is 768 g/mol. The van der Waals surface area contributed by atoms with Gasteiger partial charge in [0.15, 0.2) is 12.5 Å². The molecule has 316 valence electrons. The average molecular weight is 768 g/mol. The van der Waals surface area contributed by atoms with Crippen molar-refractivity contribution in [3.05, 3.63) is 78.2 Å². The molecule has 2 amide bonds. The van der Waals surface area contributed by atoms with Gasteiger partial charge < -0.3 is 30.1 Å². The van der Waals surface area contributed by atoms with Crippen LogP contribution in [0.2, 0.25) is 0 Å². The summed E-state index contributed by atoms with van der Waals surface area (Å²) in [5, 5.41) is 6.64. The van der Waals surface area contributed by atoms with Crippen molar-refractivity contribution in [1.29, 1.82) is 0 Å². The molecule has 0 radical (unpaired) electrons. The lowest BCUT2D eigenvalue weighted by Crippen LogP contribution is -2.45. The zero-order valence-corrected chi connectivity index (χ0v) is 37.3. The Morgan fingerprint density at radius 3 is 2.09 bits per heavy atom. The van der Waals surface area contributed by atoms with E-state index in [4.69, 9.17) is 4.74 Å². The Hall–Kier alpha value is -3.52. The van der Waals surface area contributed by atoms with Crippen LogP contribution in [0.15, 0.2) is 72.7 Å². The van der Waals surface area contributed by atoms with E-state index >= 15 is 0 Å². The number of benzene rings is 1. The van der Waals surface area contributed by atoms with Crippen molar-refractivity contribution in [1.82, 2.24) is 20.0 Å². The summed E-state index contributed by atoms with van der Waals surface area (Å²) in [6.07, 6.45) is 20.6. The first-order chi connectivity index (χ1) is 26.7. The van der Waals surface area contributed by atoms with E-state index in [0.29, 0.717) is 12.4 Å². The highest BCUT2D eigenvalue weighted by Crippen LogP contribution is 2.21. The third kappa shape index (κ3) is 27.7. The molecular formula is C47H85N5O3. The Bertz CT molecular complexity index is 1170. The highest BCUT2D eigenvalue weighted by molar-refractivity contribution is 5.77. The normalized spacial score (nSPS) is 13.5. The van der Waals surface area contributed by atoms with Gasteiger partial charge in [0, 0.05) is 51.5 Å². The maximum atomic E-state index is 12.9. The Morgan fingerprint density at radius 1 is 0.909 bits per heavy atom. The van der Waals surface area contributed by atoms with E-state index in [1.54, 1.807) is 0 Å². The molecule has 1 saturated carbocycles. The molecule has 2 aliphatic rings. The fourth-order valence-corrected chi connectivity index (χ4v) is 5.69. The maximum absolute atomic E-state index is 12.9. The Morgan fingerprint density at radius 2 is 1.55 bits per heavy atom. The first-order valence-corrected chi connectivity index (χ1v) is 21.7. The Kier molecular flexibility index (Phi) is 36.4. The lowest BCUT2D eigenvalue weighted by Gasteiger charge is -2.38. The smallest absolute Gasteiger partial charge is 0.260 e. The second-order valence-electron chi connectivity index (χ2n) is 13.6. The van der Waals surface area contributed by atoms with Crippen molar-refractivity contribution >= 4 is 18.0 Å². The molecule has 8 nitrogen and oxygen atoms in total. The lowest BCUT2D eigenvalue weighted by molar-refractivity contribution is -0.136. The lowest BCUT2D eigenvalue weighted by atomic mass is 10.0. The Balaban J connectivity index is 0. The quantitative estimate of drug-likeness (QED) is 0.0500. The van der Waals surface area contributed by atoms with Crippen LogP contribution in [-0.4, -0.2) is 92.5 Å². The number of carbonyl (C=O) groups excluding carboxylic acids is 2. The number of para-hydroxylation sites is 1. The van der Waals surface area contributed by atoms with Gasteiger partial charge in [0.25, 0.3) is 5.91 Å². The van der Waals surface area contributed by atoms with Gasteiger partial charge in [-0.25, -0.2) is 0 Å². The van der Waals surface area contributed by atoms with Crippen molar-refractivity contribution in [3.63, 3.8) is 0 Å². The summed E-state index contributed by atoms with van der Waals surface area (Å²) in [4.78, 5) is 30.7. The highest BCUT2D eigenvalue weighted by Gasteiger charge is 2.25. The zero-order valence-electron chi connectivity index (χ0n) is 37.3. The molecule has 0 bridgehead atoms. The average Bonchev–Trinajstić information content (AvgIpc) is 4.12. The van der Waals surface area contributed by atoms with Gasteiger partial charge in [0.1, 0.15) is 0 Å². The molecular weight excluding hydrogens is 683 g/mol. The third-order valence-electron chi connectivity index (χ3n) is 8.96. The minimum Gasteiger partial charge on any atom is -0.470 e. The van der Waals surface area contributed by atoms with Crippen molar-refractivity contribution in [2.45, 2.75) is 145 Å². The molecule has 0 atom stereocenters. The summed E-state index contributed by atoms with van der Waals surface area (Å²) < 4.78 is 5.85. The van der Waals surface area contributed by atoms with Crippen LogP contribution in [0.25, 0.3) is 0 Å². The van der Waals surface area contributed by atoms with E-state index in [2.05, 4.69) is 87.6 Å². The van der Waals surface area contributed by atoms with Crippen molar-refractivity contribution in [3.8, 4) is 0 Å². The fourth-order valence-electron chi connectivity index (χ4n) is 5.69. The number of allylic oxidation sites excluding steroid dienone is 5. The molecule has 1 saturated heterocycles. The summed E-state index contributed by atoms with van der Waals surface area (Å²) in [5.41, 5.74) is 4.86. The van der Waals surface area contributed by atoms with Gasteiger partial charge in [-0.05, 0) is 96.5 Å². The molecule has 3 rings (SSSR count). The van der Waals surface area contributed by atoms with Crippen molar-refractivity contribution in [2.24, 2.45) is 0 Å². The number of anilines is 1. The van der Waals surface area contributed by atoms with Crippen LogP contribution < -0.4 is 10.6 Å². The molecule has 1 aliphatic heterocycles. The van der Waals surface area contributed by atoms with Gasteiger partial charge in [0.05, 0.1) is 0 Å². The number of unbranched alkanes of at least 4 members (excludes halogenated alkanes) is 2. The van der Waals surface area contributed by atoms with Crippen LogP contribution in [0, 0.1) is 0 Å². The van der Waals surface area contributed by atoms with Crippen LogP contribution in [0.4, 0.5) is 5.69 Å². The summed E-state index contributed by atoms with van der Waals surface area (Å²) in [6.45, 7) is 32.2. The topological polar surface area (TPSA) is 77.2 Å². The molecule has 2 N–H and O–H groups in total. The van der Waals surface area contributed by atoms with E-state index in [1.165, 1.54) is 36.0 Å². The number of amides is 2. The number of nitrogens with one attached hydrogen (secondary N) is 2. The van der Waals surface area contributed by atoms with Crippen LogP contribution in [0.5, 0.6) is 0 Å². The van der Waals surface area contributed by atoms with Crippen LogP contribution >= 0.6 is 0 Å². The Labute approximate surface area is 339 Å². The van der Waals surface area contributed by atoms with Gasteiger partial charge in [-0.1, -0.05) is 128 Å². The van der Waals surface area contributed by atoms with E-state index in [1.807, 2.05) is 62.8 Å². The first kappa shape index (κ1) is 53.6. The SMILES string of the molecule is C1CC1.C=C(OCC(=O)N(CCCC)CCCCNCCC)N1CCC(N(C=O)CCc2ccccc2NC)CC1.C=C/C(C)=C\C(C)=C/CC.CC.CC. The predicted molar refractivity (Wildman–Crippen MR) is 241 cm³/mol. The summed E-state index contributed by atoms with van der Waals surface area (Å²) >= 11 is 0. The molecule has 2 fully saturated rings. The van der Waals surface area contributed by atoms with E-state index in [0.717, 1.165) is 109 Å². The number of nitrogens with zero attached hydrogens (tertiary/aromatic N) is 3. The maximum Gasteiger partial charge on any atom is 0.260 e. The van der Waals surface area contributed by atoms with Gasteiger partial charge >= 0.3 is 0 Å². The molecule has 1 aromatic carbocycles. The number of piperidine rings is 1. The number of hydrogen-bond acceptors (Lipinski definition) is 6. The third-order valence-corrected chi connectivity index (χ3v) is 8.96. The van der Waals surface area contributed by atoms with Gasteiger partial charge in [-0.15, -0.1) is 0 Å². The highest BCUT2D eigenvalue weighted by atomic mass is 16.5. The van der Waals surface area contributed by atoms with E-state index in [9.17, 15) is 9.59 Å². The molecule has 55 heavy (non-hydrogen) atoms. The van der Waals surface area contributed by atoms with Crippen molar-refractivity contribution < 1.29 is 14.3 Å². The number of likely N-dealkylation sites (tertiary alicyclic amines) is 1. The summed E-state index contributed by atoms with van der Waals surface area (Å²) in [7, 11) is 1.92. The van der Waals surface area contributed by atoms with Crippen molar-refractivity contribution in [2.75, 3.05) is 64.8 Å². The second kappa shape index (κ2) is 37.4. The minimum absolute atomic E-state index is 0.0297. The molecule has 0 aromatic heterocycles. The van der Waals surface area contributed by atoms with Crippen LogP contribution in [0.1, 0.15) is 139 Å². The molecule has 1 heterocycles. The number of rotatable bonds is 23. The standard InChI is InChI=1S/C30H51N5O3.C10H16.C3H6.2C2H6/c1-5-7-19-34(20-11-10-18-32-17-6-2)30(37)24-38-26(3)33-22-15-28(16-23-33)35(25-36)21-14-27-12-8-9-13-29(27)31-4;1-5-7-10(4)8-9(3)6-2;1-2-3-1;2*1-2/h8-9,12-13,25,28,31-32H,3,5-7,10-11,14-24H2,1-2,4H3;6-8H,2,5H2,1,3-4H3;1-3H2;2*1-2H3/b;9-8-,10-7-;;;. The van der Waals surface area contributed by atoms with Gasteiger partial charge in [-0.2, -0.15) is 0 Å². The molecule has 0 spiro atoms. The molecule has 8 heteroatoms. The largest absolute Gasteiger partial charge is 0.470 e. The number of carbonyl (C=O) groups is 2. The van der Waals surface area contributed by atoms with Gasteiger partial charge in [0.2, 0.25) is 6.41 Å². The van der Waals surface area contributed by atoms with Crippen LogP contribution in [0.3, 0.4) is 0 Å². The first-order valence-electron chi connectivity index (χ1n) is 21.7.